The molecule has 0 bridgehead atoms. The van der Waals surface area contributed by atoms with Crippen LogP contribution in [-0.4, -0.2) is 31.7 Å². The summed E-state index contributed by atoms with van der Waals surface area (Å²) in [5.74, 6) is 1.74. The minimum atomic E-state index is 0.433. The fourth-order valence-corrected chi connectivity index (χ4v) is 1.58. The first-order chi connectivity index (χ1) is 9.76. The number of furan rings is 1. The molecule has 0 radical (unpaired) electrons. The van der Waals surface area contributed by atoms with Gasteiger partial charge in [-0.2, -0.15) is 0 Å². The molecule has 1 rings (SSSR count). The van der Waals surface area contributed by atoms with Crippen molar-refractivity contribution < 1.29 is 9.15 Å². The Kier molecular flexibility index (Phi) is 8.54. The van der Waals surface area contributed by atoms with Crippen molar-refractivity contribution in [3.8, 4) is 0 Å². The smallest absolute Gasteiger partial charge is 0.191 e. The van der Waals surface area contributed by atoms with Gasteiger partial charge in [-0.05, 0) is 38.8 Å². The van der Waals surface area contributed by atoms with Gasteiger partial charge in [0.25, 0.3) is 0 Å². The number of hydrogen-bond donors (Lipinski definition) is 2. The van der Waals surface area contributed by atoms with Gasteiger partial charge in [-0.3, -0.25) is 4.99 Å². The highest BCUT2D eigenvalue weighted by Gasteiger charge is 2.01. The summed E-state index contributed by atoms with van der Waals surface area (Å²) in [7, 11) is 0. The number of rotatable bonds is 9. The summed E-state index contributed by atoms with van der Waals surface area (Å²) in [6.07, 6.45) is 3.64. The van der Waals surface area contributed by atoms with Gasteiger partial charge in [0, 0.05) is 25.7 Å². The van der Waals surface area contributed by atoms with E-state index in [9.17, 15) is 0 Å². The monoisotopic (exact) mass is 281 g/mol. The maximum absolute atomic E-state index is 5.52. The molecule has 0 saturated carbocycles. The van der Waals surface area contributed by atoms with Crippen LogP contribution in [0.3, 0.4) is 0 Å². The fourth-order valence-electron chi connectivity index (χ4n) is 1.58. The summed E-state index contributed by atoms with van der Waals surface area (Å²) < 4.78 is 10.7. The predicted molar refractivity (Wildman–Crippen MR) is 81.8 cm³/mol. The van der Waals surface area contributed by atoms with E-state index < -0.39 is 0 Å². The summed E-state index contributed by atoms with van der Waals surface area (Å²) in [5, 5.41) is 6.61. The molecule has 1 heterocycles. The van der Waals surface area contributed by atoms with Gasteiger partial charge in [-0.15, -0.1) is 0 Å². The van der Waals surface area contributed by atoms with Crippen molar-refractivity contribution in [2.75, 3.05) is 19.7 Å². The largest absolute Gasteiger partial charge is 0.467 e. The van der Waals surface area contributed by atoms with Crippen LogP contribution in [0.4, 0.5) is 0 Å². The van der Waals surface area contributed by atoms with Gasteiger partial charge < -0.3 is 19.8 Å². The second-order valence-electron chi connectivity index (χ2n) is 4.70. The predicted octanol–water partition coefficient (Wildman–Crippen LogP) is 2.54. The first-order valence-electron chi connectivity index (χ1n) is 7.41. The quantitative estimate of drug-likeness (QED) is 0.415. The number of nitrogens with zero attached hydrogens (tertiary/aromatic N) is 1. The van der Waals surface area contributed by atoms with Crippen LogP contribution in [-0.2, 0) is 11.3 Å². The highest BCUT2D eigenvalue weighted by Crippen LogP contribution is 2.01. The topological polar surface area (TPSA) is 58.8 Å². The maximum atomic E-state index is 5.52. The average molecular weight is 281 g/mol. The highest BCUT2D eigenvalue weighted by atomic mass is 16.5. The standard InChI is InChI=1S/C15H27N3O2/c1-4-13(3)18-15(16-5-2)17-9-7-10-19-12-14-8-6-11-20-14/h6,8,11,13H,4-5,7,9-10,12H2,1-3H3,(H2,16,17,18). The molecule has 5 nitrogen and oxygen atoms in total. The van der Waals surface area contributed by atoms with Gasteiger partial charge in [0.05, 0.1) is 6.26 Å². The lowest BCUT2D eigenvalue weighted by Gasteiger charge is -2.16. The zero-order valence-electron chi connectivity index (χ0n) is 12.8. The fraction of sp³-hybridized carbons (Fsp3) is 0.667. The molecule has 1 aromatic heterocycles. The first kappa shape index (κ1) is 16.6. The van der Waals surface area contributed by atoms with Crippen molar-refractivity contribution >= 4 is 5.96 Å². The van der Waals surface area contributed by atoms with Crippen LogP contribution < -0.4 is 10.6 Å². The van der Waals surface area contributed by atoms with Gasteiger partial charge in [0.1, 0.15) is 12.4 Å². The lowest BCUT2D eigenvalue weighted by molar-refractivity contribution is 0.105. The Balaban J connectivity index is 2.15. The van der Waals surface area contributed by atoms with Crippen LogP contribution in [0.1, 0.15) is 39.4 Å². The lowest BCUT2D eigenvalue weighted by atomic mass is 10.3. The third kappa shape index (κ3) is 7.19. The highest BCUT2D eigenvalue weighted by molar-refractivity contribution is 5.79. The molecule has 2 N–H and O–H groups in total. The number of ether oxygens (including phenoxy) is 1. The van der Waals surface area contributed by atoms with Crippen molar-refractivity contribution in [3.63, 3.8) is 0 Å². The molecule has 1 unspecified atom stereocenters. The molecule has 0 aromatic carbocycles. The maximum Gasteiger partial charge on any atom is 0.191 e. The molecule has 114 valence electrons. The molecular formula is C15H27N3O2. The number of hydrogen-bond acceptors (Lipinski definition) is 3. The minimum Gasteiger partial charge on any atom is -0.467 e. The van der Waals surface area contributed by atoms with Gasteiger partial charge in [0.2, 0.25) is 0 Å². The molecule has 0 aliphatic heterocycles. The zero-order valence-corrected chi connectivity index (χ0v) is 12.8. The Labute approximate surface area is 121 Å². The van der Waals surface area contributed by atoms with E-state index in [1.165, 1.54) is 0 Å². The van der Waals surface area contributed by atoms with Crippen molar-refractivity contribution in [1.82, 2.24) is 10.6 Å². The molecular weight excluding hydrogens is 254 g/mol. The molecule has 20 heavy (non-hydrogen) atoms. The van der Waals surface area contributed by atoms with Crippen LogP contribution >= 0.6 is 0 Å². The third-order valence-corrected chi connectivity index (χ3v) is 2.88. The van der Waals surface area contributed by atoms with E-state index in [0.29, 0.717) is 19.3 Å². The van der Waals surface area contributed by atoms with Gasteiger partial charge in [0.15, 0.2) is 5.96 Å². The number of nitrogens with one attached hydrogen (secondary N) is 2. The van der Waals surface area contributed by atoms with E-state index in [0.717, 1.165) is 37.7 Å². The van der Waals surface area contributed by atoms with E-state index in [2.05, 4.69) is 36.4 Å². The molecule has 5 heteroatoms. The lowest BCUT2D eigenvalue weighted by Crippen LogP contribution is -2.42. The van der Waals surface area contributed by atoms with E-state index in [-0.39, 0.29) is 0 Å². The van der Waals surface area contributed by atoms with E-state index in [4.69, 9.17) is 9.15 Å². The second-order valence-corrected chi connectivity index (χ2v) is 4.70. The Bertz CT molecular complexity index is 363. The normalized spacial score (nSPS) is 13.2. The Morgan fingerprint density at radius 3 is 2.95 bits per heavy atom. The molecule has 0 spiro atoms. The minimum absolute atomic E-state index is 0.433. The van der Waals surface area contributed by atoms with Crippen LogP contribution in [0.25, 0.3) is 0 Å². The number of guanidine groups is 1. The summed E-state index contributed by atoms with van der Waals surface area (Å²) in [5.41, 5.74) is 0. The summed E-state index contributed by atoms with van der Waals surface area (Å²) in [6, 6.07) is 4.21. The van der Waals surface area contributed by atoms with E-state index >= 15 is 0 Å². The van der Waals surface area contributed by atoms with Crippen LogP contribution in [0.2, 0.25) is 0 Å². The molecule has 0 aliphatic carbocycles. The average Bonchev–Trinajstić information content (AvgIpc) is 2.95. The Morgan fingerprint density at radius 1 is 1.45 bits per heavy atom. The van der Waals surface area contributed by atoms with Gasteiger partial charge in [-0.1, -0.05) is 6.92 Å². The SMILES string of the molecule is CCNC(=NCCCOCc1ccco1)NC(C)CC. The van der Waals surface area contributed by atoms with Crippen molar-refractivity contribution in [3.05, 3.63) is 24.2 Å². The van der Waals surface area contributed by atoms with Gasteiger partial charge >= 0.3 is 0 Å². The molecule has 1 aromatic rings. The molecule has 1 atom stereocenters. The van der Waals surface area contributed by atoms with Crippen molar-refractivity contribution in [1.29, 1.82) is 0 Å². The van der Waals surface area contributed by atoms with E-state index in [1.807, 2.05) is 12.1 Å². The van der Waals surface area contributed by atoms with Crippen LogP contribution in [0.15, 0.2) is 27.8 Å². The number of aliphatic imine (C=N–C) groups is 1. The second kappa shape index (κ2) is 10.3. The summed E-state index contributed by atoms with van der Waals surface area (Å²) in [4.78, 5) is 4.53. The van der Waals surface area contributed by atoms with Crippen molar-refractivity contribution in [2.24, 2.45) is 4.99 Å². The van der Waals surface area contributed by atoms with Crippen LogP contribution in [0.5, 0.6) is 0 Å². The Hall–Kier alpha value is -1.49. The van der Waals surface area contributed by atoms with Crippen molar-refractivity contribution in [2.45, 2.75) is 46.3 Å². The summed E-state index contributed by atoms with van der Waals surface area (Å²) in [6.45, 7) is 9.22. The van der Waals surface area contributed by atoms with Crippen LogP contribution in [0, 0.1) is 0 Å². The third-order valence-electron chi connectivity index (χ3n) is 2.88. The Morgan fingerprint density at radius 2 is 2.30 bits per heavy atom. The molecule has 0 amide bonds. The molecule has 0 fully saturated rings. The molecule has 0 saturated heterocycles. The zero-order chi connectivity index (χ0) is 14.6. The summed E-state index contributed by atoms with van der Waals surface area (Å²) >= 11 is 0. The first-order valence-corrected chi connectivity index (χ1v) is 7.41. The molecule has 0 aliphatic rings. The van der Waals surface area contributed by atoms with Gasteiger partial charge in [-0.25, -0.2) is 0 Å². The van der Waals surface area contributed by atoms with E-state index in [1.54, 1.807) is 6.26 Å².